The van der Waals surface area contributed by atoms with Gasteiger partial charge in [-0.25, -0.2) is 14.4 Å². The summed E-state index contributed by atoms with van der Waals surface area (Å²) in [7, 11) is 0. The summed E-state index contributed by atoms with van der Waals surface area (Å²) >= 11 is 4.96. The van der Waals surface area contributed by atoms with Gasteiger partial charge in [0.05, 0.1) is 25.3 Å². The average molecular weight is 448 g/mol. The summed E-state index contributed by atoms with van der Waals surface area (Å²) in [5, 5.41) is 1.90. The summed E-state index contributed by atoms with van der Waals surface area (Å²) in [6.07, 6.45) is 0. The lowest BCUT2D eigenvalue weighted by atomic mass is 10.2. The number of morpholine rings is 1. The SMILES string of the molecule is Fc1ccc(Br)cc1CSc1nc(CN2CCOCC2)nc2ccccc12. The Morgan fingerprint density at radius 1 is 1.11 bits per heavy atom. The Balaban J connectivity index is 1.60. The molecule has 1 aliphatic heterocycles. The minimum absolute atomic E-state index is 0.197. The van der Waals surface area contributed by atoms with Crippen molar-refractivity contribution in [3.8, 4) is 0 Å². The maximum absolute atomic E-state index is 14.1. The third-order valence-electron chi connectivity index (χ3n) is 4.46. The van der Waals surface area contributed by atoms with E-state index >= 15 is 0 Å². The van der Waals surface area contributed by atoms with E-state index in [4.69, 9.17) is 14.7 Å². The van der Waals surface area contributed by atoms with Crippen LogP contribution < -0.4 is 0 Å². The van der Waals surface area contributed by atoms with Gasteiger partial charge < -0.3 is 4.74 Å². The summed E-state index contributed by atoms with van der Waals surface area (Å²) < 4.78 is 20.4. The van der Waals surface area contributed by atoms with E-state index in [1.807, 2.05) is 30.3 Å². The first-order valence-corrected chi connectivity index (χ1v) is 10.6. The normalized spacial score (nSPS) is 15.3. The van der Waals surface area contributed by atoms with Gasteiger partial charge in [0.15, 0.2) is 0 Å². The van der Waals surface area contributed by atoms with Crippen molar-refractivity contribution in [2.45, 2.75) is 17.3 Å². The molecule has 7 heteroatoms. The van der Waals surface area contributed by atoms with Crippen molar-refractivity contribution in [1.29, 1.82) is 0 Å². The van der Waals surface area contributed by atoms with E-state index in [1.54, 1.807) is 17.8 Å². The third kappa shape index (κ3) is 4.66. The smallest absolute Gasteiger partial charge is 0.144 e. The molecule has 27 heavy (non-hydrogen) atoms. The van der Waals surface area contributed by atoms with E-state index in [-0.39, 0.29) is 5.82 Å². The molecule has 0 aliphatic carbocycles. The van der Waals surface area contributed by atoms with Crippen LogP contribution in [0.15, 0.2) is 52.0 Å². The fraction of sp³-hybridized carbons (Fsp3) is 0.300. The Kier molecular flexibility index (Phi) is 6.02. The first-order chi connectivity index (χ1) is 13.2. The van der Waals surface area contributed by atoms with Crippen LogP contribution in [0.4, 0.5) is 4.39 Å². The van der Waals surface area contributed by atoms with E-state index < -0.39 is 0 Å². The van der Waals surface area contributed by atoms with Crippen LogP contribution in [0.3, 0.4) is 0 Å². The van der Waals surface area contributed by atoms with Crippen LogP contribution in [-0.2, 0) is 17.0 Å². The maximum Gasteiger partial charge on any atom is 0.144 e. The number of halogens is 2. The van der Waals surface area contributed by atoms with Gasteiger partial charge in [0.1, 0.15) is 16.7 Å². The van der Waals surface area contributed by atoms with Gasteiger partial charge in [-0.05, 0) is 29.8 Å². The number of aromatic nitrogens is 2. The van der Waals surface area contributed by atoms with Crippen LogP contribution in [0.2, 0.25) is 0 Å². The first kappa shape index (κ1) is 18.8. The predicted molar refractivity (Wildman–Crippen MR) is 109 cm³/mol. The number of fused-ring (bicyclic) bond motifs is 1. The topological polar surface area (TPSA) is 38.2 Å². The molecule has 0 radical (unpaired) electrons. The van der Waals surface area contributed by atoms with Gasteiger partial charge in [0, 0.05) is 28.7 Å². The number of nitrogens with zero attached hydrogens (tertiary/aromatic N) is 3. The molecule has 1 saturated heterocycles. The molecule has 0 spiro atoms. The molecular formula is C20H19BrFN3OS. The third-order valence-corrected chi connectivity index (χ3v) is 5.99. The van der Waals surface area contributed by atoms with Crippen molar-refractivity contribution in [3.63, 3.8) is 0 Å². The van der Waals surface area contributed by atoms with Crippen molar-refractivity contribution in [2.24, 2.45) is 0 Å². The van der Waals surface area contributed by atoms with Crippen LogP contribution in [0, 0.1) is 5.82 Å². The molecule has 1 aromatic heterocycles. The Morgan fingerprint density at radius 2 is 1.93 bits per heavy atom. The van der Waals surface area contributed by atoms with Gasteiger partial charge >= 0.3 is 0 Å². The van der Waals surface area contributed by atoms with Crippen LogP contribution in [0.25, 0.3) is 10.9 Å². The molecule has 2 aromatic carbocycles. The Labute approximate surface area is 170 Å². The molecule has 0 amide bonds. The van der Waals surface area contributed by atoms with Crippen molar-refractivity contribution in [2.75, 3.05) is 26.3 Å². The number of rotatable bonds is 5. The van der Waals surface area contributed by atoms with Crippen molar-refractivity contribution < 1.29 is 9.13 Å². The van der Waals surface area contributed by atoms with E-state index in [1.165, 1.54) is 6.07 Å². The van der Waals surface area contributed by atoms with Crippen molar-refractivity contribution in [1.82, 2.24) is 14.9 Å². The molecule has 0 saturated carbocycles. The highest BCUT2D eigenvalue weighted by Gasteiger charge is 2.15. The minimum atomic E-state index is -0.197. The number of ether oxygens (including phenoxy) is 1. The fourth-order valence-electron chi connectivity index (χ4n) is 3.03. The molecule has 2 heterocycles. The van der Waals surface area contributed by atoms with E-state index in [2.05, 4.69) is 20.8 Å². The molecule has 4 nitrogen and oxygen atoms in total. The highest BCUT2D eigenvalue weighted by Crippen LogP contribution is 2.30. The molecule has 4 rings (SSSR count). The van der Waals surface area contributed by atoms with Crippen molar-refractivity contribution >= 4 is 38.6 Å². The molecule has 0 bridgehead atoms. The van der Waals surface area contributed by atoms with E-state index in [9.17, 15) is 4.39 Å². The minimum Gasteiger partial charge on any atom is -0.379 e. The van der Waals surface area contributed by atoms with Crippen LogP contribution in [0.1, 0.15) is 11.4 Å². The zero-order valence-corrected chi connectivity index (χ0v) is 17.1. The Bertz CT molecular complexity index is 950. The standard InChI is InChI=1S/C20H19BrFN3OS/c21-15-5-6-17(22)14(11-15)13-27-20-16-3-1-2-4-18(16)23-19(24-20)12-25-7-9-26-10-8-25/h1-6,11H,7-10,12-13H2. The highest BCUT2D eigenvalue weighted by molar-refractivity contribution is 9.10. The van der Waals surface area contributed by atoms with Crippen LogP contribution >= 0.6 is 27.7 Å². The second-order valence-electron chi connectivity index (χ2n) is 6.38. The van der Waals surface area contributed by atoms with Gasteiger partial charge in [-0.1, -0.05) is 34.1 Å². The molecular weight excluding hydrogens is 429 g/mol. The molecule has 0 unspecified atom stereocenters. The summed E-state index contributed by atoms with van der Waals surface area (Å²) in [5.41, 5.74) is 1.58. The van der Waals surface area contributed by atoms with Gasteiger partial charge in [0.2, 0.25) is 0 Å². The summed E-state index contributed by atoms with van der Waals surface area (Å²) in [4.78, 5) is 11.8. The fourth-order valence-corrected chi connectivity index (χ4v) is 4.45. The van der Waals surface area contributed by atoms with E-state index in [0.717, 1.165) is 52.5 Å². The summed E-state index contributed by atoms with van der Waals surface area (Å²) in [5.74, 6) is 1.12. The second kappa shape index (κ2) is 8.65. The van der Waals surface area contributed by atoms with Gasteiger partial charge in [0.25, 0.3) is 0 Å². The quantitative estimate of drug-likeness (QED) is 0.420. The largest absolute Gasteiger partial charge is 0.379 e. The second-order valence-corrected chi connectivity index (χ2v) is 8.25. The molecule has 1 aliphatic rings. The number of thioether (sulfide) groups is 1. The van der Waals surface area contributed by atoms with Gasteiger partial charge in [-0.15, -0.1) is 11.8 Å². The van der Waals surface area contributed by atoms with Gasteiger partial charge in [-0.3, -0.25) is 4.90 Å². The van der Waals surface area contributed by atoms with E-state index in [0.29, 0.717) is 17.9 Å². The molecule has 0 atom stereocenters. The van der Waals surface area contributed by atoms with Crippen LogP contribution in [-0.4, -0.2) is 41.2 Å². The first-order valence-electron chi connectivity index (χ1n) is 8.81. The summed E-state index contributed by atoms with van der Waals surface area (Å²) in [6.45, 7) is 3.98. The number of hydrogen-bond acceptors (Lipinski definition) is 5. The maximum atomic E-state index is 14.1. The molecule has 3 aromatic rings. The van der Waals surface area contributed by atoms with Crippen molar-refractivity contribution in [3.05, 3.63) is 64.1 Å². The molecule has 140 valence electrons. The summed E-state index contributed by atoms with van der Waals surface area (Å²) in [6, 6.07) is 13.0. The lowest BCUT2D eigenvalue weighted by Gasteiger charge is -2.25. The zero-order chi connectivity index (χ0) is 18.6. The Morgan fingerprint density at radius 3 is 2.78 bits per heavy atom. The number of benzene rings is 2. The molecule has 0 N–H and O–H groups in total. The van der Waals surface area contributed by atoms with Gasteiger partial charge in [-0.2, -0.15) is 0 Å². The number of hydrogen-bond donors (Lipinski definition) is 0. The zero-order valence-electron chi connectivity index (χ0n) is 14.7. The molecule has 1 fully saturated rings. The monoisotopic (exact) mass is 447 g/mol. The lowest BCUT2D eigenvalue weighted by Crippen LogP contribution is -2.36. The van der Waals surface area contributed by atoms with Crippen LogP contribution in [0.5, 0.6) is 0 Å². The average Bonchev–Trinajstić information content (AvgIpc) is 2.69. The lowest BCUT2D eigenvalue weighted by molar-refractivity contribution is 0.0330. The number of para-hydroxylation sites is 1. The highest BCUT2D eigenvalue weighted by atomic mass is 79.9. The Hall–Kier alpha value is -1.54. The predicted octanol–water partition coefficient (Wildman–Crippen LogP) is 4.66.